The highest BCUT2D eigenvalue weighted by molar-refractivity contribution is 9.10. The van der Waals surface area contributed by atoms with E-state index in [1.54, 1.807) is 12.1 Å². The summed E-state index contributed by atoms with van der Waals surface area (Å²) in [6, 6.07) is 15.1. The van der Waals surface area contributed by atoms with E-state index in [1.807, 2.05) is 43.3 Å². The molecule has 4 aromatic rings. The highest BCUT2D eigenvalue weighted by Crippen LogP contribution is 2.31. The number of carbonyl (C=O) groups is 1. The van der Waals surface area contributed by atoms with Crippen LogP contribution in [0.15, 0.2) is 64.0 Å². The standard InChI is InChI=1S/C20H15BrN4O2S/c1-12-19(13-6-8-14(21)9-7-13)24-20(28-12)23-17(26)11-25-16-5-3-2-4-15(16)22-10-18(25)27/h2-10H,11H2,1H3,(H,23,24,26). The molecule has 4 rings (SSSR count). The maximum atomic E-state index is 12.5. The van der Waals surface area contributed by atoms with Crippen LogP contribution < -0.4 is 10.9 Å². The molecule has 1 amide bonds. The Hall–Kier alpha value is -2.84. The fraction of sp³-hybridized carbons (Fsp3) is 0.100. The van der Waals surface area contributed by atoms with E-state index in [9.17, 15) is 9.59 Å². The molecule has 0 unspecified atom stereocenters. The number of thiazole rings is 1. The first-order chi connectivity index (χ1) is 13.5. The normalized spacial score (nSPS) is 10.9. The number of nitrogens with zero attached hydrogens (tertiary/aromatic N) is 3. The summed E-state index contributed by atoms with van der Waals surface area (Å²) >= 11 is 4.83. The summed E-state index contributed by atoms with van der Waals surface area (Å²) in [5.74, 6) is -0.311. The predicted octanol–water partition coefficient (Wildman–Crippen LogP) is 4.23. The number of rotatable bonds is 4. The Balaban J connectivity index is 1.57. The Labute approximate surface area is 173 Å². The lowest BCUT2D eigenvalue weighted by Crippen LogP contribution is -2.27. The summed E-state index contributed by atoms with van der Waals surface area (Å²) in [5, 5.41) is 3.31. The second-order valence-electron chi connectivity index (χ2n) is 6.15. The lowest BCUT2D eigenvalue weighted by atomic mass is 10.1. The third-order valence-electron chi connectivity index (χ3n) is 4.21. The lowest BCUT2D eigenvalue weighted by molar-refractivity contribution is -0.116. The van der Waals surface area contributed by atoms with Gasteiger partial charge in [-0.1, -0.05) is 40.2 Å². The minimum absolute atomic E-state index is 0.103. The number of anilines is 1. The van der Waals surface area contributed by atoms with Crippen LogP contribution in [0.5, 0.6) is 0 Å². The molecule has 0 atom stereocenters. The number of para-hydroxylation sites is 2. The number of hydrogen-bond donors (Lipinski definition) is 1. The Morgan fingerprint density at radius 3 is 2.71 bits per heavy atom. The van der Waals surface area contributed by atoms with Crippen LogP contribution in [0, 0.1) is 6.92 Å². The third kappa shape index (κ3) is 3.74. The molecular weight excluding hydrogens is 440 g/mol. The summed E-state index contributed by atoms with van der Waals surface area (Å²) in [5.41, 5.74) is 2.78. The molecule has 0 saturated heterocycles. The number of benzene rings is 2. The van der Waals surface area contributed by atoms with E-state index in [0.717, 1.165) is 20.6 Å². The molecule has 0 aliphatic rings. The van der Waals surface area contributed by atoms with Crippen molar-refractivity contribution in [3.8, 4) is 11.3 Å². The quantitative estimate of drug-likeness (QED) is 0.500. The highest BCUT2D eigenvalue weighted by Gasteiger charge is 2.14. The summed E-state index contributed by atoms with van der Waals surface area (Å²) in [6.07, 6.45) is 1.23. The molecule has 1 N–H and O–H groups in total. The van der Waals surface area contributed by atoms with Gasteiger partial charge in [-0.15, -0.1) is 11.3 Å². The fourth-order valence-corrected chi connectivity index (χ4v) is 4.02. The monoisotopic (exact) mass is 454 g/mol. The van der Waals surface area contributed by atoms with Crippen LogP contribution in [0.3, 0.4) is 0 Å². The van der Waals surface area contributed by atoms with Crippen molar-refractivity contribution < 1.29 is 4.79 Å². The van der Waals surface area contributed by atoms with Crippen molar-refractivity contribution in [1.82, 2.24) is 14.5 Å². The average molecular weight is 455 g/mol. The number of nitrogens with one attached hydrogen (secondary N) is 1. The molecular formula is C20H15BrN4O2S. The number of aryl methyl sites for hydroxylation is 1. The van der Waals surface area contributed by atoms with E-state index in [-0.39, 0.29) is 18.0 Å². The largest absolute Gasteiger partial charge is 0.300 e. The molecule has 0 fully saturated rings. The number of halogens is 1. The first-order valence-corrected chi connectivity index (χ1v) is 10.1. The molecule has 2 aromatic heterocycles. The number of aromatic nitrogens is 3. The Morgan fingerprint density at radius 2 is 1.93 bits per heavy atom. The summed E-state index contributed by atoms with van der Waals surface area (Å²) < 4.78 is 2.40. The molecule has 140 valence electrons. The third-order valence-corrected chi connectivity index (χ3v) is 5.63. The van der Waals surface area contributed by atoms with Gasteiger partial charge >= 0.3 is 0 Å². The minimum Gasteiger partial charge on any atom is -0.300 e. The van der Waals surface area contributed by atoms with Crippen LogP contribution >= 0.6 is 27.3 Å². The van der Waals surface area contributed by atoms with Gasteiger partial charge in [0.2, 0.25) is 5.91 Å². The van der Waals surface area contributed by atoms with E-state index in [4.69, 9.17) is 0 Å². The smallest absolute Gasteiger partial charge is 0.269 e. The van der Waals surface area contributed by atoms with Crippen LogP contribution in [-0.4, -0.2) is 20.4 Å². The van der Waals surface area contributed by atoms with Crippen molar-refractivity contribution >= 4 is 49.3 Å². The van der Waals surface area contributed by atoms with Gasteiger partial charge in [0.05, 0.1) is 22.9 Å². The topological polar surface area (TPSA) is 76.9 Å². The zero-order chi connectivity index (χ0) is 19.7. The van der Waals surface area contributed by atoms with Crippen LogP contribution in [-0.2, 0) is 11.3 Å². The Bertz CT molecular complexity index is 1230. The number of carbonyl (C=O) groups excluding carboxylic acids is 1. The van der Waals surface area contributed by atoms with Crippen molar-refractivity contribution in [3.63, 3.8) is 0 Å². The summed E-state index contributed by atoms with van der Waals surface area (Å²) in [4.78, 5) is 34.4. The van der Waals surface area contributed by atoms with Crippen molar-refractivity contribution in [3.05, 3.63) is 74.4 Å². The second kappa shape index (κ2) is 7.65. The van der Waals surface area contributed by atoms with E-state index in [0.29, 0.717) is 16.2 Å². The van der Waals surface area contributed by atoms with Gasteiger partial charge in [-0.2, -0.15) is 0 Å². The fourth-order valence-electron chi connectivity index (χ4n) is 2.91. The molecule has 0 spiro atoms. The van der Waals surface area contributed by atoms with Crippen molar-refractivity contribution in [2.24, 2.45) is 0 Å². The second-order valence-corrected chi connectivity index (χ2v) is 8.27. The van der Waals surface area contributed by atoms with E-state index in [1.165, 1.54) is 22.1 Å². The van der Waals surface area contributed by atoms with Gasteiger partial charge in [0, 0.05) is 14.9 Å². The molecule has 6 nitrogen and oxygen atoms in total. The van der Waals surface area contributed by atoms with Gasteiger partial charge in [0.15, 0.2) is 5.13 Å². The van der Waals surface area contributed by atoms with Gasteiger partial charge in [0.1, 0.15) is 6.54 Å². The zero-order valence-corrected chi connectivity index (χ0v) is 17.3. The van der Waals surface area contributed by atoms with Gasteiger partial charge in [-0.25, -0.2) is 9.97 Å². The molecule has 8 heteroatoms. The highest BCUT2D eigenvalue weighted by atomic mass is 79.9. The first-order valence-electron chi connectivity index (χ1n) is 8.49. The van der Waals surface area contributed by atoms with Crippen molar-refractivity contribution in [1.29, 1.82) is 0 Å². The maximum Gasteiger partial charge on any atom is 0.269 e. The van der Waals surface area contributed by atoms with Gasteiger partial charge in [0.25, 0.3) is 5.56 Å². The molecule has 0 bridgehead atoms. The first kappa shape index (κ1) is 18.5. The Kier molecular flexibility index (Phi) is 5.06. The van der Waals surface area contributed by atoms with Crippen LogP contribution in [0.25, 0.3) is 22.3 Å². The Morgan fingerprint density at radius 1 is 1.18 bits per heavy atom. The van der Waals surface area contributed by atoms with Gasteiger partial charge in [-0.05, 0) is 31.2 Å². The summed E-state index contributed by atoms with van der Waals surface area (Å²) in [7, 11) is 0. The maximum absolute atomic E-state index is 12.5. The van der Waals surface area contributed by atoms with E-state index < -0.39 is 0 Å². The molecule has 0 aliphatic carbocycles. The van der Waals surface area contributed by atoms with Crippen LogP contribution in [0.1, 0.15) is 4.88 Å². The molecule has 28 heavy (non-hydrogen) atoms. The molecule has 0 radical (unpaired) electrons. The molecule has 2 aromatic carbocycles. The van der Waals surface area contributed by atoms with Gasteiger partial charge in [-0.3, -0.25) is 14.2 Å². The van der Waals surface area contributed by atoms with Crippen molar-refractivity contribution in [2.75, 3.05) is 5.32 Å². The molecule has 2 heterocycles. The average Bonchev–Trinajstić information content (AvgIpc) is 3.04. The van der Waals surface area contributed by atoms with E-state index >= 15 is 0 Å². The van der Waals surface area contributed by atoms with Crippen LogP contribution in [0.2, 0.25) is 0 Å². The number of fused-ring (bicyclic) bond motifs is 1. The predicted molar refractivity (Wildman–Crippen MR) is 115 cm³/mol. The zero-order valence-electron chi connectivity index (χ0n) is 14.8. The molecule has 0 saturated carbocycles. The SMILES string of the molecule is Cc1sc(NC(=O)Cn2c(=O)cnc3ccccc32)nc1-c1ccc(Br)cc1. The minimum atomic E-state index is -0.320. The van der Waals surface area contributed by atoms with Gasteiger partial charge < -0.3 is 5.32 Å². The number of amides is 1. The van der Waals surface area contributed by atoms with Crippen molar-refractivity contribution in [2.45, 2.75) is 13.5 Å². The molecule has 0 aliphatic heterocycles. The van der Waals surface area contributed by atoms with E-state index in [2.05, 4.69) is 31.2 Å². The lowest BCUT2D eigenvalue weighted by Gasteiger charge is -2.08. The summed E-state index contributed by atoms with van der Waals surface area (Å²) in [6.45, 7) is 1.86. The number of hydrogen-bond acceptors (Lipinski definition) is 5. The van der Waals surface area contributed by atoms with Crippen LogP contribution in [0.4, 0.5) is 5.13 Å².